The largest absolute Gasteiger partial charge is 0.324 e. The van der Waals surface area contributed by atoms with Gasteiger partial charge in [0.25, 0.3) is 5.91 Å². The van der Waals surface area contributed by atoms with Crippen molar-refractivity contribution in [2.45, 2.75) is 52.1 Å². The maximum Gasteiger partial charge on any atom is 0.260 e. The molecule has 1 fully saturated rings. The minimum atomic E-state index is -0.266. The van der Waals surface area contributed by atoms with Gasteiger partial charge < -0.3 is 10.6 Å². The zero-order valence-electron chi connectivity index (χ0n) is 20.3. The van der Waals surface area contributed by atoms with E-state index in [0.717, 1.165) is 54.0 Å². The molecule has 4 aromatic heterocycles. The first-order chi connectivity index (χ1) is 17.5. The molecule has 4 aromatic rings. The third-order valence-electron chi connectivity index (χ3n) is 7.09. The number of hydrogen-bond donors (Lipinski definition) is 2. The van der Waals surface area contributed by atoms with Crippen molar-refractivity contribution >= 4 is 39.4 Å². The summed E-state index contributed by atoms with van der Waals surface area (Å²) in [4.78, 5) is 34.2. The van der Waals surface area contributed by atoms with Crippen molar-refractivity contribution in [3.63, 3.8) is 0 Å². The molecule has 0 aromatic carbocycles. The van der Waals surface area contributed by atoms with Crippen LogP contribution in [0.1, 0.15) is 50.8 Å². The van der Waals surface area contributed by atoms with E-state index in [0.29, 0.717) is 35.2 Å². The first-order valence-electron chi connectivity index (χ1n) is 12.3. The van der Waals surface area contributed by atoms with E-state index in [9.17, 15) is 9.59 Å². The molecule has 0 spiro atoms. The van der Waals surface area contributed by atoms with Crippen molar-refractivity contribution in [3.8, 4) is 10.4 Å². The van der Waals surface area contributed by atoms with Crippen LogP contribution in [-0.2, 0) is 17.8 Å². The molecule has 0 radical (unpaired) electrons. The summed E-state index contributed by atoms with van der Waals surface area (Å²) in [7, 11) is 0. The van der Waals surface area contributed by atoms with Crippen LogP contribution < -0.4 is 10.6 Å². The van der Waals surface area contributed by atoms with Crippen molar-refractivity contribution in [3.05, 3.63) is 47.8 Å². The number of rotatable bonds is 6. The van der Waals surface area contributed by atoms with E-state index in [1.54, 1.807) is 23.0 Å². The number of thiazole rings is 1. The number of aryl methyl sites for hydroxylation is 2. The molecule has 6 heterocycles. The predicted octanol–water partition coefficient (Wildman–Crippen LogP) is 4.08. The average Bonchev–Trinajstić information content (AvgIpc) is 3.63. The third kappa shape index (κ3) is 4.18. The molecule has 11 heteroatoms. The minimum absolute atomic E-state index is 0. The van der Waals surface area contributed by atoms with Crippen LogP contribution in [0, 0.1) is 6.92 Å². The van der Waals surface area contributed by atoms with Gasteiger partial charge >= 0.3 is 0 Å². The zero-order valence-corrected chi connectivity index (χ0v) is 21.1. The van der Waals surface area contributed by atoms with Crippen LogP contribution in [0.4, 0.5) is 11.4 Å². The molecule has 0 saturated carbocycles. The standard InChI is InChI=1S/C25H28N8O2S.2H2/c1-15-5-3-7-31(15)14-23(34)29-17-9-20(16(2)26-10-17)30-24(35)19-12-28-33-13-22(36-25(19)33)18-11-27-32-8-4-6-21(18)32;;/h9-13,15H,3-8,14H2,1-2H3,(H,29,34)(H,30,35);2*1H/t15-;;/m0../s1. The maximum absolute atomic E-state index is 13.2. The molecule has 190 valence electrons. The lowest BCUT2D eigenvalue weighted by molar-refractivity contribution is -0.117. The van der Waals surface area contributed by atoms with Gasteiger partial charge in [-0.2, -0.15) is 10.2 Å². The molecule has 2 aliphatic rings. The monoisotopic (exact) mass is 508 g/mol. The van der Waals surface area contributed by atoms with Crippen molar-refractivity contribution in [2.24, 2.45) is 0 Å². The van der Waals surface area contributed by atoms with E-state index in [-0.39, 0.29) is 14.7 Å². The maximum atomic E-state index is 13.2. The van der Waals surface area contributed by atoms with Gasteiger partial charge in [0.2, 0.25) is 5.91 Å². The summed E-state index contributed by atoms with van der Waals surface area (Å²) < 4.78 is 3.80. The number of amides is 2. The second kappa shape index (κ2) is 9.14. The Kier molecular flexibility index (Phi) is 5.81. The van der Waals surface area contributed by atoms with Gasteiger partial charge in [-0.25, -0.2) is 4.52 Å². The third-order valence-corrected chi connectivity index (χ3v) is 8.24. The summed E-state index contributed by atoms with van der Waals surface area (Å²) in [5, 5.41) is 14.8. The average molecular weight is 509 g/mol. The lowest BCUT2D eigenvalue weighted by Crippen LogP contribution is -2.35. The van der Waals surface area contributed by atoms with Gasteiger partial charge in [-0.15, -0.1) is 11.3 Å². The second-order valence-corrected chi connectivity index (χ2v) is 10.6. The number of aromatic nitrogens is 5. The highest BCUT2D eigenvalue weighted by molar-refractivity contribution is 7.21. The Bertz CT molecular complexity index is 1480. The molecule has 10 nitrogen and oxygen atoms in total. The molecular weight excluding hydrogens is 476 g/mol. The number of fused-ring (bicyclic) bond motifs is 2. The van der Waals surface area contributed by atoms with Gasteiger partial charge in [-0.05, 0) is 52.1 Å². The molecule has 6 rings (SSSR count). The second-order valence-electron chi connectivity index (χ2n) is 9.56. The number of nitrogens with one attached hydrogen (secondary N) is 2. The molecule has 0 unspecified atom stereocenters. The number of nitrogens with zero attached hydrogens (tertiary/aromatic N) is 6. The Hall–Kier alpha value is -3.57. The first kappa shape index (κ1) is 22.9. The molecule has 2 N–H and O–H groups in total. The van der Waals surface area contributed by atoms with Crippen molar-refractivity contribution in [1.82, 2.24) is 29.3 Å². The van der Waals surface area contributed by atoms with Crippen LogP contribution >= 0.6 is 11.3 Å². The van der Waals surface area contributed by atoms with Crippen LogP contribution in [0.5, 0.6) is 0 Å². The summed E-state index contributed by atoms with van der Waals surface area (Å²) in [6.07, 6.45) is 11.4. The van der Waals surface area contributed by atoms with Crippen LogP contribution in [0.25, 0.3) is 15.3 Å². The zero-order chi connectivity index (χ0) is 24.8. The van der Waals surface area contributed by atoms with Gasteiger partial charge in [-0.1, -0.05) is 0 Å². The van der Waals surface area contributed by atoms with Crippen LogP contribution in [-0.4, -0.2) is 60.2 Å². The predicted molar refractivity (Wildman–Crippen MR) is 143 cm³/mol. The summed E-state index contributed by atoms with van der Waals surface area (Å²) in [6.45, 7) is 6.22. The number of carbonyl (C=O) groups excluding carboxylic acids is 2. The molecule has 1 saturated heterocycles. The molecule has 0 bridgehead atoms. The fraction of sp³-hybridized carbons (Fsp3) is 0.400. The molecule has 2 aliphatic heterocycles. The molecule has 0 aliphatic carbocycles. The Balaban J connectivity index is 0.00000168. The van der Waals surface area contributed by atoms with Crippen LogP contribution in [0.3, 0.4) is 0 Å². The Morgan fingerprint density at radius 1 is 1.17 bits per heavy atom. The summed E-state index contributed by atoms with van der Waals surface area (Å²) in [5.41, 5.74) is 4.62. The van der Waals surface area contributed by atoms with Crippen molar-refractivity contribution in [2.75, 3.05) is 23.7 Å². The van der Waals surface area contributed by atoms with Gasteiger partial charge in [0.15, 0.2) is 0 Å². The Morgan fingerprint density at radius 3 is 2.89 bits per heavy atom. The number of pyridine rings is 1. The Labute approximate surface area is 215 Å². The van der Waals surface area contributed by atoms with E-state index in [4.69, 9.17) is 0 Å². The highest BCUT2D eigenvalue weighted by atomic mass is 32.1. The summed E-state index contributed by atoms with van der Waals surface area (Å²) in [5.74, 6) is -0.347. The van der Waals surface area contributed by atoms with Crippen LogP contribution in [0.2, 0.25) is 0 Å². The Morgan fingerprint density at radius 2 is 2.06 bits per heavy atom. The lowest BCUT2D eigenvalue weighted by atomic mass is 10.2. The van der Waals surface area contributed by atoms with Crippen molar-refractivity contribution < 1.29 is 12.4 Å². The molecule has 36 heavy (non-hydrogen) atoms. The van der Waals surface area contributed by atoms with E-state index < -0.39 is 0 Å². The number of hydrogen-bond acceptors (Lipinski definition) is 7. The fourth-order valence-electron chi connectivity index (χ4n) is 5.07. The van der Waals surface area contributed by atoms with E-state index in [2.05, 4.69) is 42.3 Å². The highest BCUT2D eigenvalue weighted by Crippen LogP contribution is 2.35. The minimum Gasteiger partial charge on any atom is -0.324 e. The summed E-state index contributed by atoms with van der Waals surface area (Å²) in [6, 6.07) is 2.17. The van der Waals surface area contributed by atoms with E-state index in [1.165, 1.54) is 17.0 Å². The number of anilines is 2. The highest BCUT2D eigenvalue weighted by Gasteiger charge is 2.24. The number of likely N-dealkylation sites (tertiary alicyclic amines) is 1. The number of carbonyl (C=O) groups is 2. The topological polar surface area (TPSA) is 109 Å². The van der Waals surface area contributed by atoms with Crippen LogP contribution in [0.15, 0.2) is 30.9 Å². The quantitative estimate of drug-likeness (QED) is 0.406. The van der Waals surface area contributed by atoms with Gasteiger partial charge in [0, 0.05) is 32.9 Å². The van der Waals surface area contributed by atoms with Gasteiger partial charge in [-0.3, -0.25) is 24.2 Å². The SMILES string of the molecule is Cc1ncc(NC(=O)CN2CCC[C@@H]2C)cc1NC(=O)c1cnn2cc(-c3cnn4c3CCC4)sc12.[HH].[HH]. The fourth-order valence-corrected chi connectivity index (χ4v) is 6.16. The van der Waals surface area contributed by atoms with Crippen molar-refractivity contribution in [1.29, 1.82) is 0 Å². The molecule has 2 amide bonds. The summed E-state index contributed by atoms with van der Waals surface area (Å²) >= 11 is 1.53. The molecule has 1 atom stereocenters. The normalized spacial score (nSPS) is 17.6. The smallest absolute Gasteiger partial charge is 0.260 e. The van der Waals surface area contributed by atoms with Gasteiger partial charge in [0.05, 0.1) is 52.6 Å². The van der Waals surface area contributed by atoms with Gasteiger partial charge in [0.1, 0.15) is 4.83 Å². The first-order valence-corrected chi connectivity index (χ1v) is 13.1. The molecular formula is C25H32N8O2S. The lowest BCUT2D eigenvalue weighted by Gasteiger charge is -2.20. The van der Waals surface area contributed by atoms with E-state index in [1.807, 2.05) is 19.3 Å². The van der Waals surface area contributed by atoms with E-state index >= 15 is 0 Å².